The number of nitrogens with zero attached hydrogens (tertiary/aromatic N) is 4. The number of carbonyl (C=O) groups excluding carboxylic acids is 1. The van der Waals surface area contributed by atoms with Crippen LogP contribution in [0.3, 0.4) is 0 Å². The zero-order chi connectivity index (χ0) is 26.2. The molecule has 0 saturated carbocycles. The first-order chi connectivity index (χ1) is 17.7. The van der Waals surface area contributed by atoms with Gasteiger partial charge in [0.2, 0.25) is 5.91 Å². The topological polar surface area (TPSA) is 83.5 Å². The molecule has 0 N–H and O–H groups in total. The van der Waals surface area contributed by atoms with Crippen molar-refractivity contribution in [3.63, 3.8) is 0 Å². The molecule has 1 amide bonds. The molecule has 1 aromatic carbocycles. The molecular weight excluding hydrogens is 548 g/mol. The van der Waals surface area contributed by atoms with Crippen LogP contribution < -0.4 is 4.90 Å². The van der Waals surface area contributed by atoms with Crippen molar-refractivity contribution in [1.82, 2.24) is 14.3 Å². The monoisotopic (exact) mass is 574 g/mol. The fourth-order valence-electron chi connectivity index (χ4n) is 4.56. The lowest BCUT2D eigenvalue weighted by atomic mass is 9.96. The fraction of sp³-hybridized carbons (Fsp3) is 0.346. The van der Waals surface area contributed by atoms with E-state index in [0.717, 1.165) is 32.8 Å². The Labute approximate surface area is 229 Å². The smallest absolute Gasteiger partial charge is 0.252 e. The third kappa shape index (κ3) is 5.44. The van der Waals surface area contributed by atoms with Gasteiger partial charge in [-0.25, -0.2) is 13.4 Å². The summed E-state index contributed by atoms with van der Waals surface area (Å²) in [6.45, 7) is 5.14. The molecule has 0 atom stereocenters. The minimum Gasteiger partial charge on any atom is -0.282 e. The summed E-state index contributed by atoms with van der Waals surface area (Å²) in [6.07, 6.45) is 2.60. The summed E-state index contributed by atoms with van der Waals surface area (Å²) < 4.78 is 29.2. The second kappa shape index (κ2) is 10.8. The van der Waals surface area contributed by atoms with Gasteiger partial charge in [0.05, 0.1) is 26.8 Å². The first-order valence-corrected chi connectivity index (χ1v) is 15.6. The van der Waals surface area contributed by atoms with Gasteiger partial charge in [0, 0.05) is 25.2 Å². The minimum absolute atomic E-state index is 0.0491. The van der Waals surface area contributed by atoms with Crippen LogP contribution in [0.15, 0.2) is 58.9 Å². The number of sulfonamides is 1. The maximum atomic E-state index is 13.9. The average molecular weight is 575 g/mol. The van der Waals surface area contributed by atoms with E-state index in [1.165, 1.54) is 21.7 Å². The van der Waals surface area contributed by atoms with Gasteiger partial charge in [0.15, 0.2) is 5.13 Å². The number of amides is 1. The number of thiazole rings is 1. The Bertz CT molecular complexity index is 1510. The fourth-order valence-corrected chi connectivity index (χ4v) is 8.67. The Hall–Kier alpha value is -2.37. The number of benzene rings is 1. The van der Waals surface area contributed by atoms with Gasteiger partial charge in [-0.15, -0.1) is 11.3 Å². The Morgan fingerprint density at radius 3 is 2.54 bits per heavy atom. The molecule has 11 heteroatoms. The van der Waals surface area contributed by atoms with Gasteiger partial charge in [-0.05, 0) is 54.7 Å². The van der Waals surface area contributed by atoms with Crippen molar-refractivity contribution in [1.29, 1.82) is 0 Å². The molecule has 0 radical (unpaired) electrons. The molecular formula is C26H27ClN4O3S3. The Morgan fingerprint density at radius 1 is 1.11 bits per heavy atom. The van der Waals surface area contributed by atoms with Gasteiger partial charge in [0.25, 0.3) is 10.0 Å². The van der Waals surface area contributed by atoms with Crippen molar-refractivity contribution in [2.75, 3.05) is 18.0 Å². The van der Waals surface area contributed by atoms with Crippen LogP contribution in [0.5, 0.6) is 0 Å². The third-order valence-electron chi connectivity index (χ3n) is 6.55. The zero-order valence-electron chi connectivity index (χ0n) is 20.5. The highest BCUT2D eigenvalue weighted by molar-refractivity contribution is 7.91. The second-order valence-corrected chi connectivity index (χ2v) is 14.2. The van der Waals surface area contributed by atoms with E-state index < -0.39 is 10.0 Å². The summed E-state index contributed by atoms with van der Waals surface area (Å²) in [4.78, 5) is 25.0. The molecule has 4 heterocycles. The largest absolute Gasteiger partial charge is 0.282 e. The van der Waals surface area contributed by atoms with Crippen molar-refractivity contribution in [3.05, 3.63) is 70.3 Å². The molecule has 0 unspecified atom stereocenters. The van der Waals surface area contributed by atoms with E-state index in [1.54, 1.807) is 17.2 Å². The standard InChI is InChI=1S/C26H27ClN4O3S3/c1-17(2)20-7-5-8-21-24(20)29-26(35-21)31(16-19-6-3-4-13-28-19)25(32)18-11-14-30(15-12-18)37(33,34)23-10-9-22(27)36-23/h3-10,13,17-18H,11-12,14-16H2,1-2H3. The molecule has 1 aliphatic heterocycles. The summed E-state index contributed by atoms with van der Waals surface area (Å²) >= 11 is 8.51. The Morgan fingerprint density at radius 2 is 1.89 bits per heavy atom. The summed E-state index contributed by atoms with van der Waals surface area (Å²) in [5.74, 6) is -0.0474. The minimum atomic E-state index is -3.62. The Balaban J connectivity index is 1.40. The second-order valence-electron chi connectivity index (χ2n) is 9.33. The molecule has 1 fully saturated rings. The number of pyridine rings is 1. The van der Waals surface area contributed by atoms with Gasteiger partial charge in [0.1, 0.15) is 4.21 Å². The lowest BCUT2D eigenvalue weighted by Gasteiger charge is -2.32. The maximum Gasteiger partial charge on any atom is 0.252 e. The number of aromatic nitrogens is 2. The third-order valence-corrected chi connectivity index (χ3v) is 11.2. The van der Waals surface area contributed by atoms with Crippen LogP contribution in [0.1, 0.15) is 43.9 Å². The number of carbonyl (C=O) groups is 1. The summed E-state index contributed by atoms with van der Waals surface area (Å²) in [6, 6.07) is 14.9. The summed E-state index contributed by atoms with van der Waals surface area (Å²) in [5.41, 5.74) is 2.85. The molecule has 7 nitrogen and oxygen atoms in total. The predicted molar refractivity (Wildman–Crippen MR) is 150 cm³/mol. The number of fused-ring (bicyclic) bond motifs is 1. The molecule has 4 aromatic rings. The van der Waals surface area contributed by atoms with Crippen LogP contribution in [0.25, 0.3) is 10.2 Å². The van der Waals surface area contributed by atoms with Crippen LogP contribution in [-0.4, -0.2) is 41.7 Å². The zero-order valence-corrected chi connectivity index (χ0v) is 23.7. The number of rotatable bonds is 7. The van der Waals surface area contributed by atoms with Gasteiger partial charge in [-0.1, -0.05) is 55.0 Å². The number of hydrogen-bond acceptors (Lipinski definition) is 7. The number of halogens is 1. The van der Waals surface area contributed by atoms with Crippen LogP contribution in [0.4, 0.5) is 5.13 Å². The summed E-state index contributed by atoms with van der Waals surface area (Å²) in [5, 5.41) is 0.641. The van der Waals surface area contributed by atoms with Crippen molar-refractivity contribution in [3.8, 4) is 0 Å². The SMILES string of the molecule is CC(C)c1cccc2sc(N(Cc3ccccn3)C(=O)C3CCN(S(=O)(=O)c4ccc(Cl)s4)CC3)nc12. The molecule has 1 aliphatic rings. The first kappa shape index (κ1) is 26.2. The number of thiophene rings is 1. The Kier molecular flexibility index (Phi) is 7.65. The van der Waals surface area contributed by atoms with E-state index in [0.29, 0.717) is 34.8 Å². The molecule has 3 aromatic heterocycles. The first-order valence-electron chi connectivity index (χ1n) is 12.1. The highest BCUT2D eigenvalue weighted by Crippen LogP contribution is 2.36. The molecule has 0 spiro atoms. The van der Waals surface area contributed by atoms with E-state index in [9.17, 15) is 13.2 Å². The van der Waals surface area contributed by atoms with Gasteiger partial charge in [-0.2, -0.15) is 4.31 Å². The molecule has 37 heavy (non-hydrogen) atoms. The van der Waals surface area contributed by atoms with E-state index in [1.807, 2.05) is 30.3 Å². The van der Waals surface area contributed by atoms with Crippen LogP contribution in [0.2, 0.25) is 4.34 Å². The highest BCUT2D eigenvalue weighted by atomic mass is 35.5. The number of para-hydroxylation sites is 1. The molecule has 0 aliphatic carbocycles. The molecule has 194 valence electrons. The quantitative estimate of drug-likeness (QED) is 0.264. The van der Waals surface area contributed by atoms with E-state index in [-0.39, 0.29) is 29.1 Å². The maximum absolute atomic E-state index is 13.9. The van der Waals surface area contributed by atoms with E-state index in [2.05, 4.69) is 24.9 Å². The molecule has 5 rings (SSSR count). The number of hydrogen-bond donors (Lipinski definition) is 0. The van der Waals surface area contributed by atoms with Crippen LogP contribution in [0, 0.1) is 5.92 Å². The lowest BCUT2D eigenvalue weighted by Crippen LogP contribution is -2.44. The average Bonchev–Trinajstić information content (AvgIpc) is 3.54. The van der Waals surface area contributed by atoms with E-state index in [4.69, 9.17) is 16.6 Å². The van der Waals surface area contributed by atoms with Gasteiger partial charge in [-0.3, -0.25) is 14.7 Å². The number of piperidine rings is 1. The normalized spacial score (nSPS) is 15.5. The number of anilines is 1. The highest BCUT2D eigenvalue weighted by Gasteiger charge is 2.35. The molecule has 0 bridgehead atoms. The van der Waals surface area contributed by atoms with Crippen LogP contribution in [-0.2, 0) is 21.4 Å². The van der Waals surface area contributed by atoms with Crippen molar-refractivity contribution >= 4 is 65.6 Å². The molecule has 1 saturated heterocycles. The van der Waals surface area contributed by atoms with Crippen molar-refractivity contribution in [2.45, 2.75) is 43.4 Å². The van der Waals surface area contributed by atoms with Crippen molar-refractivity contribution < 1.29 is 13.2 Å². The lowest BCUT2D eigenvalue weighted by molar-refractivity contribution is -0.123. The van der Waals surface area contributed by atoms with Gasteiger partial charge < -0.3 is 0 Å². The van der Waals surface area contributed by atoms with Crippen LogP contribution >= 0.6 is 34.3 Å². The van der Waals surface area contributed by atoms with Gasteiger partial charge >= 0.3 is 0 Å². The van der Waals surface area contributed by atoms with Crippen molar-refractivity contribution in [2.24, 2.45) is 5.92 Å². The predicted octanol–water partition coefficient (Wildman–Crippen LogP) is 6.16. The summed E-state index contributed by atoms with van der Waals surface area (Å²) in [7, 11) is -3.62. The van der Waals surface area contributed by atoms with E-state index >= 15 is 0 Å².